The first-order valence-corrected chi connectivity index (χ1v) is 11.2. The molecule has 1 amide bonds. The molecule has 166 valence electrons. The zero-order valence-electron chi connectivity index (χ0n) is 18.0. The van der Waals surface area contributed by atoms with Gasteiger partial charge in [-0.05, 0) is 56.0 Å². The van der Waals surface area contributed by atoms with E-state index in [0.29, 0.717) is 41.2 Å². The first kappa shape index (κ1) is 19.7. The Morgan fingerprint density at radius 1 is 1.09 bits per heavy atom. The number of benzene rings is 1. The number of imidazole rings is 1. The number of aryl methyl sites for hydroxylation is 1. The van der Waals surface area contributed by atoms with Crippen molar-refractivity contribution >= 4 is 11.7 Å². The Morgan fingerprint density at radius 2 is 2.03 bits per heavy atom. The predicted molar refractivity (Wildman–Crippen MR) is 121 cm³/mol. The third-order valence-corrected chi connectivity index (χ3v) is 5.99. The first-order valence-electron chi connectivity index (χ1n) is 11.2. The molecule has 0 atom stereocenters. The van der Waals surface area contributed by atoms with Gasteiger partial charge in [0.05, 0.1) is 24.2 Å². The third kappa shape index (κ3) is 3.97. The lowest BCUT2D eigenvalue weighted by Crippen LogP contribution is -2.16. The van der Waals surface area contributed by atoms with E-state index in [9.17, 15) is 4.79 Å². The van der Waals surface area contributed by atoms with Crippen LogP contribution in [0.25, 0.3) is 17.2 Å². The van der Waals surface area contributed by atoms with Crippen LogP contribution in [0.4, 0.5) is 5.82 Å². The largest absolute Gasteiger partial charge is 0.493 e. The lowest BCUT2D eigenvalue weighted by Gasteiger charge is -2.15. The van der Waals surface area contributed by atoms with Crippen molar-refractivity contribution < 1.29 is 9.53 Å². The van der Waals surface area contributed by atoms with E-state index in [-0.39, 0.29) is 5.91 Å². The van der Waals surface area contributed by atoms with E-state index in [0.717, 1.165) is 30.8 Å². The number of fused-ring (bicyclic) bond motifs is 5. The van der Waals surface area contributed by atoms with Crippen LogP contribution in [-0.4, -0.2) is 41.8 Å². The summed E-state index contributed by atoms with van der Waals surface area (Å²) in [5, 5.41) is 11.2. The Kier molecular flexibility index (Phi) is 4.86. The number of rotatable bonds is 2. The van der Waals surface area contributed by atoms with Crippen LogP contribution in [0.5, 0.6) is 5.75 Å². The van der Waals surface area contributed by atoms with Crippen molar-refractivity contribution in [3.05, 3.63) is 66.5 Å². The maximum absolute atomic E-state index is 13.3. The van der Waals surface area contributed by atoms with Crippen molar-refractivity contribution in [2.45, 2.75) is 38.1 Å². The molecule has 2 aliphatic rings. The molecule has 33 heavy (non-hydrogen) atoms. The number of nitrogens with one attached hydrogen (secondary N) is 1. The minimum atomic E-state index is -0.280. The number of pyridine rings is 1. The van der Waals surface area contributed by atoms with Gasteiger partial charge in [-0.15, -0.1) is 10.2 Å². The Hall–Kier alpha value is -4.01. The van der Waals surface area contributed by atoms with Crippen LogP contribution < -0.4 is 10.1 Å². The Morgan fingerprint density at radius 3 is 2.94 bits per heavy atom. The summed E-state index contributed by atoms with van der Waals surface area (Å²) in [5.74, 6) is 1.96. The van der Waals surface area contributed by atoms with Gasteiger partial charge in [-0.2, -0.15) is 0 Å². The van der Waals surface area contributed by atoms with Gasteiger partial charge in [0.25, 0.3) is 5.91 Å². The standard InChI is InChI=1S/C24H23N7O2/c32-24-18-12-17(31-13-20(25-14-31)16-6-7-16)8-9-21(18)33-11-2-1-10-30-15-26-29-23(30)19-4-3-5-22(27-19)28-24/h3-5,8-9,12-16H,1-2,6-7,10-11H2,(H,27,28,32). The molecule has 6 rings (SSSR count). The summed E-state index contributed by atoms with van der Waals surface area (Å²) in [6.07, 6.45) is 9.67. The third-order valence-electron chi connectivity index (χ3n) is 5.99. The molecular formula is C24H23N7O2. The van der Waals surface area contributed by atoms with Crippen molar-refractivity contribution in [2.75, 3.05) is 11.9 Å². The average Bonchev–Trinajstić information content (AvgIpc) is 3.37. The minimum absolute atomic E-state index is 0.280. The van der Waals surface area contributed by atoms with Crippen molar-refractivity contribution in [3.63, 3.8) is 0 Å². The summed E-state index contributed by atoms with van der Waals surface area (Å²) >= 11 is 0. The number of carbonyl (C=O) groups is 1. The highest BCUT2D eigenvalue weighted by atomic mass is 16.5. The lowest BCUT2D eigenvalue weighted by molar-refractivity contribution is 0.102. The van der Waals surface area contributed by atoms with Gasteiger partial charge >= 0.3 is 0 Å². The Labute approximate surface area is 190 Å². The molecule has 1 aromatic carbocycles. The fourth-order valence-electron chi connectivity index (χ4n) is 4.05. The van der Waals surface area contributed by atoms with E-state index in [4.69, 9.17) is 4.74 Å². The molecule has 1 N–H and O–H groups in total. The number of amides is 1. The van der Waals surface area contributed by atoms with Crippen LogP contribution in [0.1, 0.15) is 47.7 Å². The van der Waals surface area contributed by atoms with E-state index in [1.54, 1.807) is 18.7 Å². The van der Waals surface area contributed by atoms with E-state index in [1.165, 1.54) is 12.8 Å². The maximum atomic E-state index is 13.3. The van der Waals surface area contributed by atoms with Gasteiger partial charge < -0.3 is 19.2 Å². The minimum Gasteiger partial charge on any atom is -0.493 e. The molecule has 3 aromatic heterocycles. The van der Waals surface area contributed by atoms with Crippen LogP contribution in [0.3, 0.4) is 0 Å². The second kappa shape index (κ2) is 8.16. The van der Waals surface area contributed by atoms with Crippen LogP contribution in [-0.2, 0) is 6.54 Å². The molecule has 0 saturated heterocycles. The second-order valence-electron chi connectivity index (χ2n) is 8.43. The van der Waals surface area contributed by atoms with E-state index in [2.05, 4.69) is 25.5 Å². The van der Waals surface area contributed by atoms with Crippen LogP contribution in [0.2, 0.25) is 0 Å². The van der Waals surface area contributed by atoms with Crippen molar-refractivity contribution in [1.29, 1.82) is 0 Å². The van der Waals surface area contributed by atoms with Crippen LogP contribution in [0, 0.1) is 0 Å². The molecule has 1 fully saturated rings. The predicted octanol–water partition coefficient (Wildman–Crippen LogP) is 3.83. The van der Waals surface area contributed by atoms with Gasteiger partial charge in [0.15, 0.2) is 5.82 Å². The average molecular weight is 441 g/mol. The summed E-state index contributed by atoms with van der Waals surface area (Å²) in [7, 11) is 0. The Balaban J connectivity index is 1.36. The molecule has 1 aliphatic heterocycles. The van der Waals surface area contributed by atoms with E-state index in [1.807, 2.05) is 45.7 Å². The van der Waals surface area contributed by atoms with Gasteiger partial charge in [-0.3, -0.25) is 4.79 Å². The number of aromatic nitrogens is 6. The van der Waals surface area contributed by atoms with Crippen LogP contribution >= 0.6 is 0 Å². The number of hydrogen-bond donors (Lipinski definition) is 1. The van der Waals surface area contributed by atoms with E-state index < -0.39 is 0 Å². The molecule has 0 radical (unpaired) electrons. The molecule has 4 heterocycles. The van der Waals surface area contributed by atoms with Crippen molar-refractivity contribution in [1.82, 2.24) is 29.3 Å². The Bertz CT molecular complexity index is 1320. The number of hydrogen-bond acceptors (Lipinski definition) is 6. The van der Waals surface area contributed by atoms with Gasteiger partial charge in [0.2, 0.25) is 0 Å². The number of anilines is 1. The van der Waals surface area contributed by atoms with Crippen LogP contribution in [0.15, 0.2) is 55.2 Å². The molecule has 9 heteroatoms. The number of ether oxygens (including phenoxy) is 1. The van der Waals surface area contributed by atoms with Gasteiger partial charge in [0.1, 0.15) is 23.6 Å². The highest BCUT2D eigenvalue weighted by Gasteiger charge is 2.26. The van der Waals surface area contributed by atoms with Gasteiger partial charge in [-0.25, -0.2) is 9.97 Å². The lowest BCUT2D eigenvalue weighted by atomic mass is 10.1. The zero-order valence-corrected chi connectivity index (χ0v) is 18.0. The summed E-state index contributed by atoms with van der Waals surface area (Å²) in [5.41, 5.74) is 3.09. The number of carbonyl (C=O) groups excluding carboxylic acids is 1. The first-order chi connectivity index (χ1) is 16.2. The highest BCUT2D eigenvalue weighted by Crippen LogP contribution is 2.39. The molecule has 0 unspecified atom stereocenters. The SMILES string of the molecule is O=C1Nc2cccc(n2)-c2nncn2CCCCOc2ccc(-n3cnc(C4CC4)c3)cc21. The van der Waals surface area contributed by atoms with Crippen molar-refractivity contribution in [2.24, 2.45) is 0 Å². The summed E-state index contributed by atoms with van der Waals surface area (Å²) in [6, 6.07) is 11.1. The molecule has 1 aliphatic carbocycles. The fourth-order valence-corrected chi connectivity index (χ4v) is 4.05. The number of nitrogens with zero attached hydrogens (tertiary/aromatic N) is 6. The molecular weight excluding hydrogens is 418 g/mol. The van der Waals surface area contributed by atoms with E-state index >= 15 is 0 Å². The topological polar surface area (TPSA) is 99.8 Å². The maximum Gasteiger partial charge on any atom is 0.260 e. The normalized spacial score (nSPS) is 16.2. The van der Waals surface area contributed by atoms with Gasteiger partial charge in [0, 0.05) is 24.3 Å². The molecule has 9 nitrogen and oxygen atoms in total. The summed E-state index contributed by atoms with van der Waals surface area (Å²) < 4.78 is 9.95. The summed E-state index contributed by atoms with van der Waals surface area (Å²) in [6.45, 7) is 1.28. The fraction of sp³-hybridized carbons (Fsp3) is 0.292. The summed E-state index contributed by atoms with van der Waals surface area (Å²) in [4.78, 5) is 22.4. The quantitative estimate of drug-likeness (QED) is 0.508. The monoisotopic (exact) mass is 441 g/mol. The smallest absolute Gasteiger partial charge is 0.260 e. The molecule has 4 aromatic rings. The second-order valence-corrected chi connectivity index (χ2v) is 8.43. The highest BCUT2D eigenvalue weighted by molar-refractivity contribution is 6.06. The molecule has 1 saturated carbocycles. The molecule has 0 spiro atoms. The van der Waals surface area contributed by atoms with Crippen molar-refractivity contribution in [3.8, 4) is 23.0 Å². The van der Waals surface area contributed by atoms with Gasteiger partial charge in [-0.1, -0.05) is 6.07 Å². The zero-order chi connectivity index (χ0) is 22.2. The molecule has 2 bridgehead atoms.